The van der Waals surface area contributed by atoms with Crippen molar-refractivity contribution in [2.75, 3.05) is 25.0 Å². The van der Waals surface area contributed by atoms with Crippen LogP contribution in [0.5, 0.6) is 0 Å². The minimum atomic E-state index is -0.419. The van der Waals surface area contributed by atoms with E-state index in [1.54, 1.807) is 19.2 Å². The van der Waals surface area contributed by atoms with Crippen LogP contribution in [0.1, 0.15) is 5.56 Å². The summed E-state index contributed by atoms with van der Waals surface area (Å²) in [4.78, 5) is 33.6. The van der Waals surface area contributed by atoms with Crippen LogP contribution in [-0.2, 0) is 20.5 Å². The first-order chi connectivity index (χ1) is 11.9. The summed E-state index contributed by atoms with van der Waals surface area (Å²) in [6.07, 6.45) is 0.752. The molecule has 0 bridgehead atoms. The third-order valence-corrected chi connectivity index (χ3v) is 3.87. The van der Waals surface area contributed by atoms with Gasteiger partial charge in [0.2, 0.25) is 0 Å². The lowest BCUT2D eigenvalue weighted by Gasteiger charge is -2.12. The highest BCUT2D eigenvalue weighted by Crippen LogP contribution is 2.11. The number of nitrogens with one attached hydrogen (secondary N) is 2. The number of nitrogens with zero attached hydrogens (tertiary/aromatic N) is 3. The second-order valence-electron chi connectivity index (χ2n) is 5.62. The van der Waals surface area contributed by atoms with E-state index in [0.717, 1.165) is 23.1 Å². The molecule has 0 saturated heterocycles. The Morgan fingerprint density at radius 3 is 2.36 bits per heavy atom. The highest BCUT2D eigenvalue weighted by atomic mass is 16.6. The maximum atomic E-state index is 11.8. The molecule has 0 atom stereocenters. The molecular weight excluding hydrogens is 326 g/mol. The molecule has 25 heavy (non-hydrogen) atoms. The molecule has 0 radical (unpaired) electrons. The van der Waals surface area contributed by atoms with Crippen molar-refractivity contribution in [3.63, 3.8) is 0 Å². The zero-order chi connectivity index (χ0) is 18.4. The molecule has 0 amide bonds. The monoisotopic (exact) mass is 347 g/mol. The Balaban J connectivity index is 1.74. The first kappa shape index (κ1) is 18.4. The molecule has 1 aromatic carbocycles. The van der Waals surface area contributed by atoms with Crippen molar-refractivity contribution in [3.8, 4) is 0 Å². The number of hydrogen-bond donors (Lipinski definition) is 2. The van der Waals surface area contributed by atoms with Gasteiger partial charge in [-0.2, -0.15) is 0 Å². The summed E-state index contributed by atoms with van der Waals surface area (Å²) in [6, 6.07) is 7.86. The smallest absolute Gasteiger partial charge is 0.332 e. The van der Waals surface area contributed by atoms with Gasteiger partial charge in [-0.3, -0.25) is 24.0 Å². The zero-order valence-corrected chi connectivity index (χ0v) is 14.2. The van der Waals surface area contributed by atoms with Gasteiger partial charge in [-0.15, -0.1) is 0 Å². The second-order valence-corrected chi connectivity index (χ2v) is 5.62. The van der Waals surface area contributed by atoms with Crippen molar-refractivity contribution in [2.24, 2.45) is 14.1 Å². The molecule has 2 aromatic rings. The van der Waals surface area contributed by atoms with Gasteiger partial charge in [0.25, 0.3) is 11.2 Å². The lowest BCUT2D eigenvalue weighted by Crippen LogP contribution is -2.38. The Morgan fingerprint density at radius 2 is 1.72 bits per heavy atom. The van der Waals surface area contributed by atoms with E-state index >= 15 is 0 Å². The summed E-state index contributed by atoms with van der Waals surface area (Å²) < 4.78 is 2.44. The SMILES string of the molecule is Cn1c(NCCNCCc2ccc([N+](=O)[O-])cc2)cc(=O)n(C)c1=O. The summed E-state index contributed by atoms with van der Waals surface area (Å²) in [5.41, 5.74) is 0.374. The van der Waals surface area contributed by atoms with Gasteiger partial charge in [0.05, 0.1) is 4.92 Å². The summed E-state index contributed by atoms with van der Waals surface area (Å²) in [5.74, 6) is 0.477. The Morgan fingerprint density at radius 1 is 1.04 bits per heavy atom. The van der Waals surface area contributed by atoms with Crippen molar-refractivity contribution >= 4 is 11.5 Å². The molecule has 0 aliphatic rings. The van der Waals surface area contributed by atoms with Gasteiger partial charge >= 0.3 is 5.69 Å². The van der Waals surface area contributed by atoms with Gasteiger partial charge < -0.3 is 10.6 Å². The molecule has 2 rings (SSSR count). The molecule has 0 aliphatic carbocycles. The highest BCUT2D eigenvalue weighted by Gasteiger charge is 2.05. The summed E-state index contributed by atoms with van der Waals surface area (Å²) in [7, 11) is 3.04. The van der Waals surface area contributed by atoms with Crippen LogP contribution >= 0.6 is 0 Å². The van der Waals surface area contributed by atoms with Gasteiger partial charge in [-0.25, -0.2) is 4.79 Å². The number of benzene rings is 1. The number of rotatable bonds is 8. The third-order valence-electron chi connectivity index (χ3n) is 3.87. The number of nitro groups is 1. The molecule has 9 heteroatoms. The first-order valence-electron chi connectivity index (χ1n) is 7.85. The summed E-state index contributed by atoms with van der Waals surface area (Å²) in [5, 5.41) is 16.9. The summed E-state index contributed by atoms with van der Waals surface area (Å²) in [6.45, 7) is 1.92. The molecular formula is C16H21N5O4. The first-order valence-corrected chi connectivity index (χ1v) is 7.85. The Hall–Kier alpha value is -2.94. The van der Waals surface area contributed by atoms with Crippen LogP contribution in [0.15, 0.2) is 39.9 Å². The van der Waals surface area contributed by atoms with Gasteiger partial charge in [0.1, 0.15) is 5.82 Å². The minimum absolute atomic E-state index is 0.0838. The van der Waals surface area contributed by atoms with E-state index in [0.29, 0.717) is 18.9 Å². The predicted octanol–water partition coefficient (Wildman–Crippen LogP) is 0.236. The minimum Gasteiger partial charge on any atom is -0.370 e. The normalized spacial score (nSPS) is 10.6. The summed E-state index contributed by atoms with van der Waals surface area (Å²) >= 11 is 0. The van der Waals surface area contributed by atoms with Crippen LogP contribution in [0.25, 0.3) is 0 Å². The maximum absolute atomic E-state index is 11.8. The van der Waals surface area contributed by atoms with Crippen LogP contribution < -0.4 is 21.9 Å². The molecule has 0 spiro atoms. The molecule has 0 unspecified atom stereocenters. The van der Waals surface area contributed by atoms with Crippen molar-refractivity contribution in [1.82, 2.24) is 14.5 Å². The van der Waals surface area contributed by atoms with E-state index in [2.05, 4.69) is 10.6 Å². The van der Waals surface area contributed by atoms with E-state index in [1.165, 1.54) is 29.8 Å². The average Bonchev–Trinajstić information content (AvgIpc) is 2.60. The lowest BCUT2D eigenvalue weighted by molar-refractivity contribution is -0.384. The Labute approximate surface area is 144 Å². The molecule has 9 nitrogen and oxygen atoms in total. The molecule has 1 aromatic heterocycles. The Bertz CT molecular complexity index is 854. The van der Waals surface area contributed by atoms with Crippen LogP contribution in [0.3, 0.4) is 0 Å². The number of anilines is 1. The van der Waals surface area contributed by atoms with Crippen molar-refractivity contribution in [3.05, 3.63) is 66.8 Å². The van der Waals surface area contributed by atoms with Gasteiger partial charge in [0.15, 0.2) is 0 Å². The Kier molecular flexibility index (Phi) is 6.07. The van der Waals surface area contributed by atoms with E-state index in [-0.39, 0.29) is 16.9 Å². The average molecular weight is 347 g/mol. The molecule has 134 valence electrons. The van der Waals surface area contributed by atoms with Gasteiger partial charge in [0, 0.05) is 45.4 Å². The van der Waals surface area contributed by atoms with E-state index < -0.39 is 4.92 Å². The number of nitro benzene ring substituents is 1. The molecule has 1 heterocycles. The second kappa shape index (κ2) is 8.25. The molecule has 0 aliphatic heterocycles. The largest absolute Gasteiger partial charge is 0.370 e. The highest BCUT2D eigenvalue weighted by molar-refractivity contribution is 5.34. The van der Waals surface area contributed by atoms with E-state index in [4.69, 9.17) is 0 Å². The molecule has 0 saturated carbocycles. The van der Waals surface area contributed by atoms with E-state index in [1.807, 2.05) is 0 Å². The number of aromatic nitrogens is 2. The van der Waals surface area contributed by atoms with Crippen molar-refractivity contribution in [2.45, 2.75) is 6.42 Å². The molecule has 0 fully saturated rings. The standard InChI is InChI=1S/C16H21N5O4/c1-19-14(11-15(22)20(2)16(19)23)18-10-9-17-8-7-12-3-5-13(6-4-12)21(24)25/h3-6,11,17-18H,7-10H2,1-2H3. The quantitative estimate of drug-likeness (QED) is 0.402. The van der Waals surface area contributed by atoms with Crippen molar-refractivity contribution in [1.29, 1.82) is 0 Å². The van der Waals surface area contributed by atoms with Crippen molar-refractivity contribution < 1.29 is 4.92 Å². The van der Waals surface area contributed by atoms with Gasteiger partial charge in [-0.1, -0.05) is 12.1 Å². The van der Waals surface area contributed by atoms with Crippen LogP contribution in [0, 0.1) is 10.1 Å². The van der Waals surface area contributed by atoms with Crippen LogP contribution in [0.2, 0.25) is 0 Å². The maximum Gasteiger partial charge on any atom is 0.332 e. The van der Waals surface area contributed by atoms with Gasteiger partial charge in [-0.05, 0) is 18.5 Å². The predicted molar refractivity (Wildman–Crippen MR) is 95.1 cm³/mol. The van der Waals surface area contributed by atoms with Crippen LogP contribution in [0.4, 0.5) is 11.5 Å². The lowest BCUT2D eigenvalue weighted by atomic mass is 10.1. The van der Waals surface area contributed by atoms with E-state index in [9.17, 15) is 19.7 Å². The number of non-ortho nitro benzene ring substituents is 1. The van der Waals surface area contributed by atoms with Crippen LogP contribution in [-0.4, -0.2) is 33.7 Å². The molecule has 2 N–H and O–H groups in total. The zero-order valence-electron chi connectivity index (χ0n) is 14.2. The topological polar surface area (TPSA) is 111 Å². The fourth-order valence-corrected chi connectivity index (χ4v) is 2.32. The number of hydrogen-bond acceptors (Lipinski definition) is 6. The third kappa shape index (κ3) is 4.77. The fraction of sp³-hybridized carbons (Fsp3) is 0.375. The fourth-order valence-electron chi connectivity index (χ4n) is 2.32.